The van der Waals surface area contributed by atoms with Crippen molar-refractivity contribution in [3.8, 4) is 11.7 Å². The van der Waals surface area contributed by atoms with Gasteiger partial charge in [0.2, 0.25) is 0 Å². The van der Waals surface area contributed by atoms with E-state index in [0.29, 0.717) is 11.5 Å². The van der Waals surface area contributed by atoms with Crippen molar-refractivity contribution in [1.29, 1.82) is 0 Å². The summed E-state index contributed by atoms with van der Waals surface area (Å²) in [5, 5.41) is 5.22. The molecule has 1 aromatic carbocycles. The number of carbonyl (C=O) groups excluding carboxylic acids is 1. The molecule has 3 aromatic rings. The lowest BCUT2D eigenvalue weighted by Gasteiger charge is -2.25. The third-order valence-corrected chi connectivity index (χ3v) is 5.81. The number of carbonyl (C=O) groups is 1. The van der Waals surface area contributed by atoms with Crippen molar-refractivity contribution >= 4 is 23.0 Å². The average molecular weight is 408 g/mol. The maximum absolute atomic E-state index is 11.1. The molecule has 1 aliphatic carbocycles. The Morgan fingerprint density at radius 2 is 1.93 bits per heavy atom. The van der Waals surface area contributed by atoms with Crippen LogP contribution in [0.5, 0.6) is 5.75 Å². The second kappa shape index (κ2) is 8.81. The van der Waals surface area contributed by atoms with Crippen LogP contribution in [0.15, 0.2) is 24.5 Å². The summed E-state index contributed by atoms with van der Waals surface area (Å²) >= 11 is 0. The van der Waals surface area contributed by atoms with Crippen molar-refractivity contribution in [2.75, 3.05) is 18.0 Å². The number of aromatic nitrogens is 4. The molecule has 4 rings (SSSR count). The molecule has 0 amide bonds. The maximum atomic E-state index is 11.1. The van der Waals surface area contributed by atoms with Crippen LogP contribution in [0.4, 0.5) is 5.82 Å². The van der Waals surface area contributed by atoms with Crippen LogP contribution in [0.2, 0.25) is 0 Å². The van der Waals surface area contributed by atoms with Crippen molar-refractivity contribution in [3.05, 3.63) is 35.7 Å². The molecule has 1 saturated carbocycles. The number of ether oxygens (including phenoxy) is 1. The van der Waals surface area contributed by atoms with Gasteiger partial charge in [0.25, 0.3) is 5.95 Å². The molecule has 0 aliphatic heterocycles. The van der Waals surface area contributed by atoms with Crippen LogP contribution in [0, 0.1) is 6.92 Å². The zero-order valence-corrected chi connectivity index (χ0v) is 18.0. The van der Waals surface area contributed by atoms with E-state index in [2.05, 4.69) is 42.9 Å². The van der Waals surface area contributed by atoms with Crippen molar-refractivity contribution in [3.63, 3.8) is 0 Å². The zero-order chi connectivity index (χ0) is 21.1. The highest BCUT2D eigenvalue weighted by molar-refractivity contribution is 5.92. The molecule has 158 valence electrons. The number of nitrogens with zero attached hydrogens (tertiary/aromatic N) is 5. The molecule has 0 bridgehead atoms. The fraction of sp³-hybridized carbons (Fsp3) is 0.478. The number of anilines is 1. The van der Waals surface area contributed by atoms with Gasteiger partial charge >= 0.3 is 0 Å². The van der Waals surface area contributed by atoms with E-state index in [4.69, 9.17) is 14.7 Å². The summed E-state index contributed by atoms with van der Waals surface area (Å²) in [6, 6.07) is 4.16. The molecule has 0 saturated heterocycles. The van der Waals surface area contributed by atoms with Crippen LogP contribution in [0.3, 0.4) is 0 Å². The molecule has 0 radical (unpaired) electrons. The van der Waals surface area contributed by atoms with E-state index in [1.807, 2.05) is 0 Å². The van der Waals surface area contributed by atoms with E-state index in [0.717, 1.165) is 60.3 Å². The van der Waals surface area contributed by atoms with Crippen LogP contribution in [0.25, 0.3) is 16.9 Å². The summed E-state index contributed by atoms with van der Waals surface area (Å²) < 4.78 is 7.95. The third kappa shape index (κ3) is 4.01. The minimum atomic E-state index is 0.290. The number of benzene rings is 1. The Morgan fingerprint density at radius 3 is 2.60 bits per heavy atom. The van der Waals surface area contributed by atoms with Crippen molar-refractivity contribution in [1.82, 2.24) is 19.7 Å². The fourth-order valence-electron chi connectivity index (χ4n) is 4.10. The van der Waals surface area contributed by atoms with Gasteiger partial charge in [0.15, 0.2) is 6.29 Å². The van der Waals surface area contributed by atoms with Gasteiger partial charge in [-0.3, -0.25) is 4.79 Å². The number of aldehydes is 1. The van der Waals surface area contributed by atoms with E-state index in [1.54, 1.807) is 10.9 Å². The molecule has 0 N–H and O–H groups in total. The Hall–Kier alpha value is -2.96. The van der Waals surface area contributed by atoms with E-state index < -0.39 is 0 Å². The van der Waals surface area contributed by atoms with Gasteiger partial charge in [0, 0.05) is 24.7 Å². The smallest absolute Gasteiger partial charge is 0.253 e. The Balaban J connectivity index is 1.81. The molecule has 2 aromatic heterocycles. The number of fused-ring (bicyclic) bond motifs is 1. The van der Waals surface area contributed by atoms with E-state index >= 15 is 0 Å². The molecular formula is C23H29N5O2. The van der Waals surface area contributed by atoms with Gasteiger partial charge in [-0.15, -0.1) is 0 Å². The van der Waals surface area contributed by atoms with Gasteiger partial charge in [-0.1, -0.05) is 6.42 Å². The lowest BCUT2D eigenvalue weighted by Crippen LogP contribution is -2.24. The molecule has 2 heterocycles. The lowest BCUT2D eigenvalue weighted by molar-refractivity contribution is 0.112. The van der Waals surface area contributed by atoms with Crippen LogP contribution in [-0.4, -0.2) is 45.2 Å². The molecule has 0 spiro atoms. The van der Waals surface area contributed by atoms with Gasteiger partial charge < -0.3 is 9.64 Å². The van der Waals surface area contributed by atoms with Gasteiger partial charge in [0.05, 0.1) is 23.4 Å². The maximum Gasteiger partial charge on any atom is 0.253 e. The van der Waals surface area contributed by atoms with Crippen LogP contribution >= 0.6 is 0 Å². The lowest BCUT2D eigenvalue weighted by atomic mass is 9.97. The molecule has 0 unspecified atom stereocenters. The highest BCUT2D eigenvalue weighted by Crippen LogP contribution is 2.33. The quantitative estimate of drug-likeness (QED) is 0.537. The second-order valence-corrected chi connectivity index (χ2v) is 7.87. The minimum absolute atomic E-state index is 0.290. The standard InChI is InChI=1S/C23H29N5O2/c1-4-27(5-2)22-19-12-21(30-18-9-7-6-8-10-18)16(3)11-20(19)25-23(26-22)28-14-17(15-29)13-24-28/h11-15,18H,4-10H2,1-3H3. The zero-order valence-electron chi connectivity index (χ0n) is 18.0. The van der Waals surface area contributed by atoms with Crippen molar-refractivity contribution < 1.29 is 9.53 Å². The molecule has 7 heteroatoms. The highest BCUT2D eigenvalue weighted by atomic mass is 16.5. The molecular weight excluding hydrogens is 378 g/mol. The number of hydrogen-bond donors (Lipinski definition) is 0. The highest BCUT2D eigenvalue weighted by Gasteiger charge is 2.19. The Kier molecular flexibility index (Phi) is 5.97. The molecule has 0 atom stereocenters. The monoisotopic (exact) mass is 407 g/mol. The predicted molar refractivity (Wildman–Crippen MR) is 118 cm³/mol. The summed E-state index contributed by atoms with van der Waals surface area (Å²) in [4.78, 5) is 22.8. The number of rotatable bonds is 7. The molecule has 1 fully saturated rings. The second-order valence-electron chi connectivity index (χ2n) is 7.87. The Morgan fingerprint density at radius 1 is 1.17 bits per heavy atom. The topological polar surface area (TPSA) is 73.1 Å². The first kappa shape index (κ1) is 20.3. The SMILES string of the molecule is CCN(CC)c1nc(-n2cc(C=O)cn2)nc2cc(C)c(OC3CCCCC3)cc12. The normalized spacial score (nSPS) is 14.8. The predicted octanol–water partition coefficient (Wildman–Crippen LogP) is 4.49. The minimum Gasteiger partial charge on any atom is -0.490 e. The first-order valence-electron chi connectivity index (χ1n) is 10.9. The van der Waals surface area contributed by atoms with E-state index in [9.17, 15) is 4.79 Å². The van der Waals surface area contributed by atoms with Crippen LogP contribution in [-0.2, 0) is 0 Å². The van der Waals surface area contributed by atoms with E-state index in [1.165, 1.54) is 25.5 Å². The summed E-state index contributed by atoms with van der Waals surface area (Å²) in [7, 11) is 0. The average Bonchev–Trinajstić information content (AvgIpc) is 3.25. The Labute approximate surface area is 177 Å². The van der Waals surface area contributed by atoms with Crippen molar-refractivity contribution in [2.45, 2.75) is 59.0 Å². The van der Waals surface area contributed by atoms with Gasteiger partial charge in [0.1, 0.15) is 11.6 Å². The van der Waals surface area contributed by atoms with Crippen LogP contribution < -0.4 is 9.64 Å². The van der Waals surface area contributed by atoms with Gasteiger partial charge in [-0.05, 0) is 64.2 Å². The van der Waals surface area contributed by atoms with Crippen molar-refractivity contribution in [2.24, 2.45) is 0 Å². The molecule has 1 aliphatic rings. The number of aryl methyl sites for hydroxylation is 1. The largest absolute Gasteiger partial charge is 0.490 e. The fourth-order valence-corrected chi connectivity index (χ4v) is 4.10. The number of hydrogen-bond acceptors (Lipinski definition) is 6. The summed E-state index contributed by atoms with van der Waals surface area (Å²) in [6.07, 6.45) is 10.2. The molecule has 7 nitrogen and oxygen atoms in total. The molecule has 30 heavy (non-hydrogen) atoms. The summed E-state index contributed by atoms with van der Waals surface area (Å²) in [5.74, 6) is 2.23. The third-order valence-electron chi connectivity index (χ3n) is 5.81. The van der Waals surface area contributed by atoms with Gasteiger partial charge in [-0.25, -0.2) is 9.67 Å². The van der Waals surface area contributed by atoms with E-state index in [-0.39, 0.29) is 6.10 Å². The first-order valence-corrected chi connectivity index (χ1v) is 10.9. The first-order chi connectivity index (χ1) is 14.6. The van der Waals surface area contributed by atoms with Gasteiger partial charge in [-0.2, -0.15) is 10.1 Å². The summed E-state index contributed by atoms with van der Waals surface area (Å²) in [6.45, 7) is 7.95. The summed E-state index contributed by atoms with van der Waals surface area (Å²) in [5.41, 5.74) is 2.41. The van der Waals surface area contributed by atoms with Crippen LogP contribution in [0.1, 0.15) is 61.9 Å². The Bertz CT molecular complexity index is 1040.